The van der Waals surface area contributed by atoms with Crippen LogP contribution in [0.25, 0.3) is 0 Å². The highest BCUT2D eigenvalue weighted by molar-refractivity contribution is 5.72. The molecule has 1 aromatic carbocycles. The number of hydrogen-bond acceptors (Lipinski definition) is 3. The molecule has 0 heterocycles. The zero-order chi connectivity index (χ0) is 12.0. The second kappa shape index (κ2) is 6.26. The molecule has 0 fully saturated rings. The summed E-state index contributed by atoms with van der Waals surface area (Å²) in [5.41, 5.74) is 7.67. The monoisotopic (exact) mass is 222 g/mol. The van der Waals surface area contributed by atoms with Gasteiger partial charge in [-0.05, 0) is 31.4 Å². The Morgan fingerprint density at radius 1 is 1.38 bits per heavy atom. The zero-order valence-electron chi connectivity index (χ0n) is 10.4. The van der Waals surface area contributed by atoms with Crippen molar-refractivity contribution in [3.8, 4) is 5.75 Å². The van der Waals surface area contributed by atoms with Crippen molar-refractivity contribution in [3.05, 3.63) is 18.2 Å². The molecular formula is C13H22N2O. The van der Waals surface area contributed by atoms with Crippen LogP contribution in [-0.2, 0) is 0 Å². The summed E-state index contributed by atoms with van der Waals surface area (Å²) in [5.74, 6) is 1.46. The molecule has 1 aromatic rings. The summed E-state index contributed by atoms with van der Waals surface area (Å²) in [6.45, 7) is 7.96. The van der Waals surface area contributed by atoms with Gasteiger partial charge in [0, 0.05) is 6.54 Å². The first-order valence-electron chi connectivity index (χ1n) is 5.90. The SMILES string of the molecule is CCOc1cccc(NCCC(C)C)c1N. The van der Waals surface area contributed by atoms with Gasteiger partial charge >= 0.3 is 0 Å². The Morgan fingerprint density at radius 2 is 2.12 bits per heavy atom. The Labute approximate surface area is 98.0 Å². The molecule has 0 aliphatic rings. The van der Waals surface area contributed by atoms with E-state index in [4.69, 9.17) is 10.5 Å². The predicted molar refractivity (Wildman–Crippen MR) is 70.0 cm³/mol. The minimum Gasteiger partial charge on any atom is -0.492 e. The molecule has 16 heavy (non-hydrogen) atoms. The van der Waals surface area contributed by atoms with Crippen molar-refractivity contribution >= 4 is 11.4 Å². The molecule has 1 rings (SSSR count). The molecule has 0 atom stereocenters. The summed E-state index contributed by atoms with van der Waals surface area (Å²) in [6, 6.07) is 5.84. The van der Waals surface area contributed by atoms with E-state index < -0.39 is 0 Å². The van der Waals surface area contributed by atoms with E-state index in [0.717, 1.165) is 24.4 Å². The quantitative estimate of drug-likeness (QED) is 0.727. The van der Waals surface area contributed by atoms with Crippen molar-refractivity contribution in [3.63, 3.8) is 0 Å². The molecule has 3 nitrogen and oxygen atoms in total. The summed E-state index contributed by atoms with van der Waals surface area (Å²) >= 11 is 0. The molecule has 0 saturated carbocycles. The van der Waals surface area contributed by atoms with Crippen LogP contribution in [0.5, 0.6) is 5.75 Å². The number of nitrogen functional groups attached to an aromatic ring is 1. The highest BCUT2D eigenvalue weighted by atomic mass is 16.5. The lowest BCUT2D eigenvalue weighted by molar-refractivity contribution is 0.342. The van der Waals surface area contributed by atoms with E-state index in [2.05, 4.69) is 19.2 Å². The number of nitrogens with one attached hydrogen (secondary N) is 1. The summed E-state index contributed by atoms with van der Waals surface area (Å²) < 4.78 is 5.44. The minimum absolute atomic E-state index is 0.639. The summed E-state index contributed by atoms with van der Waals surface area (Å²) in [7, 11) is 0. The Balaban J connectivity index is 2.62. The van der Waals surface area contributed by atoms with Crippen LogP contribution in [-0.4, -0.2) is 13.2 Å². The Bertz CT molecular complexity index is 324. The van der Waals surface area contributed by atoms with Crippen LogP contribution in [0.4, 0.5) is 11.4 Å². The lowest BCUT2D eigenvalue weighted by Crippen LogP contribution is -2.07. The maximum absolute atomic E-state index is 6.00. The predicted octanol–water partition coefficient (Wildman–Crippen LogP) is 3.13. The molecule has 0 saturated heterocycles. The normalized spacial score (nSPS) is 10.5. The van der Waals surface area contributed by atoms with Crippen LogP contribution in [0.3, 0.4) is 0 Å². The fourth-order valence-corrected chi connectivity index (χ4v) is 1.48. The maximum Gasteiger partial charge on any atom is 0.144 e. The third kappa shape index (κ3) is 3.65. The van der Waals surface area contributed by atoms with Gasteiger partial charge in [-0.25, -0.2) is 0 Å². The Kier molecular flexibility index (Phi) is 4.96. The smallest absolute Gasteiger partial charge is 0.144 e. The molecule has 3 heteroatoms. The second-order valence-electron chi connectivity index (χ2n) is 4.26. The van der Waals surface area contributed by atoms with Crippen LogP contribution >= 0.6 is 0 Å². The van der Waals surface area contributed by atoms with Crippen LogP contribution in [0.2, 0.25) is 0 Å². The van der Waals surface area contributed by atoms with Crippen LogP contribution in [0.15, 0.2) is 18.2 Å². The number of hydrogen-bond donors (Lipinski definition) is 2. The van der Waals surface area contributed by atoms with E-state index in [-0.39, 0.29) is 0 Å². The van der Waals surface area contributed by atoms with Gasteiger partial charge in [0.05, 0.1) is 18.0 Å². The van der Waals surface area contributed by atoms with E-state index in [1.54, 1.807) is 0 Å². The molecular weight excluding hydrogens is 200 g/mol. The lowest BCUT2D eigenvalue weighted by Gasteiger charge is -2.13. The largest absolute Gasteiger partial charge is 0.492 e. The van der Waals surface area contributed by atoms with E-state index in [1.807, 2.05) is 25.1 Å². The number of para-hydroxylation sites is 1. The van der Waals surface area contributed by atoms with Gasteiger partial charge in [-0.3, -0.25) is 0 Å². The number of anilines is 2. The Morgan fingerprint density at radius 3 is 2.75 bits per heavy atom. The molecule has 0 spiro atoms. The van der Waals surface area contributed by atoms with Crippen LogP contribution in [0.1, 0.15) is 27.2 Å². The summed E-state index contributed by atoms with van der Waals surface area (Å²) in [5, 5.41) is 3.34. The number of nitrogens with two attached hydrogens (primary N) is 1. The van der Waals surface area contributed by atoms with Crippen molar-refractivity contribution in [1.82, 2.24) is 0 Å². The van der Waals surface area contributed by atoms with Gasteiger partial charge in [-0.15, -0.1) is 0 Å². The van der Waals surface area contributed by atoms with Crippen molar-refractivity contribution in [1.29, 1.82) is 0 Å². The topological polar surface area (TPSA) is 47.3 Å². The van der Waals surface area contributed by atoms with Gasteiger partial charge in [0.1, 0.15) is 5.75 Å². The van der Waals surface area contributed by atoms with Gasteiger partial charge in [-0.1, -0.05) is 19.9 Å². The average Bonchev–Trinajstić information content (AvgIpc) is 2.23. The molecule has 0 aromatic heterocycles. The third-order valence-electron chi connectivity index (χ3n) is 2.40. The second-order valence-corrected chi connectivity index (χ2v) is 4.26. The van der Waals surface area contributed by atoms with Gasteiger partial charge in [0.2, 0.25) is 0 Å². The summed E-state index contributed by atoms with van der Waals surface area (Å²) in [4.78, 5) is 0. The number of benzene rings is 1. The fraction of sp³-hybridized carbons (Fsp3) is 0.538. The standard InChI is InChI=1S/C13H22N2O/c1-4-16-12-7-5-6-11(13(12)14)15-9-8-10(2)3/h5-7,10,15H,4,8-9,14H2,1-3H3. The van der Waals surface area contributed by atoms with Crippen LogP contribution in [0, 0.1) is 5.92 Å². The zero-order valence-corrected chi connectivity index (χ0v) is 10.4. The van der Waals surface area contributed by atoms with Crippen molar-refractivity contribution in [2.45, 2.75) is 27.2 Å². The maximum atomic E-state index is 6.00. The molecule has 0 aliphatic heterocycles. The number of rotatable bonds is 6. The molecule has 90 valence electrons. The number of ether oxygens (including phenoxy) is 1. The molecule has 3 N–H and O–H groups in total. The van der Waals surface area contributed by atoms with Gasteiger partial charge in [0.25, 0.3) is 0 Å². The van der Waals surface area contributed by atoms with Crippen LogP contribution < -0.4 is 15.8 Å². The fourth-order valence-electron chi connectivity index (χ4n) is 1.48. The van der Waals surface area contributed by atoms with E-state index in [0.29, 0.717) is 18.2 Å². The molecule has 0 radical (unpaired) electrons. The van der Waals surface area contributed by atoms with Gasteiger partial charge in [-0.2, -0.15) is 0 Å². The van der Waals surface area contributed by atoms with Gasteiger partial charge < -0.3 is 15.8 Å². The first-order chi connectivity index (χ1) is 7.65. The van der Waals surface area contributed by atoms with E-state index in [9.17, 15) is 0 Å². The first-order valence-corrected chi connectivity index (χ1v) is 5.90. The molecule has 0 bridgehead atoms. The third-order valence-corrected chi connectivity index (χ3v) is 2.40. The van der Waals surface area contributed by atoms with E-state index >= 15 is 0 Å². The summed E-state index contributed by atoms with van der Waals surface area (Å²) in [6.07, 6.45) is 1.14. The molecule has 0 aliphatic carbocycles. The first kappa shape index (κ1) is 12.7. The van der Waals surface area contributed by atoms with E-state index in [1.165, 1.54) is 0 Å². The van der Waals surface area contributed by atoms with Gasteiger partial charge in [0.15, 0.2) is 0 Å². The molecule has 0 amide bonds. The Hall–Kier alpha value is -1.38. The lowest BCUT2D eigenvalue weighted by atomic mass is 10.1. The van der Waals surface area contributed by atoms with Crippen molar-refractivity contribution in [2.24, 2.45) is 5.92 Å². The highest BCUT2D eigenvalue weighted by Gasteiger charge is 2.04. The molecule has 0 unspecified atom stereocenters. The van der Waals surface area contributed by atoms with Crippen molar-refractivity contribution in [2.75, 3.05) is 24.2 Å². The highest BCUT2D eigenvalue weighted by Crippen LogP contribution is 2.29. The van der Waals surface area contributed by atoms with Crippen molar-refractivity contribution < 1.29 is 4.74 Å². The minimum atomic E-state index is 0.639. The average molecular weight is 222 g/mol.